The van der Waals surface area contributed by atoms with Crippen molar-refractivity contribution in [3.05, 3.63) is 28.8 Å². The number of benzene rings is 1. The molecule has 20 heavy (non-hydrogen) atoms. The molecule has 0 bridgehead atoms. The molecule has 1 aliphatic carbocycles. The molecule has 2 aliphatic rings. The van der Waals surface area contributed by atoms with Crippen LogP contribution in [0, 0.1) is 23.5 Å². The molecule has 108 valence electrons. The average molecular weight is 301 g/mol. The highest BCUT2D eigenvalue weighted by Crippen LogP contribution is 2.38. The van der Waals surface area contributed by atoms with Gasteiger partial charge in [-0.2, -0.15) is 0 Å². The third-order valence-corrected chi connectivity index (χ3v) is 4.58. The highest BCUT2D eigenvalue weighted by atomic mass is 35.5. The number of carbonyl (C=O) groups excluding carboxylic acids is 1. The molecule has 2 fully saturated rings. The molecule has 1 heterocycles. The summed E-state index contributed by atoms with van der Waals surface area (Å²) in [5.74, 6) is -1.09. The topological polar surface area (TPSA) is 41.1 Å². The first-order valence-corrected chi connectivity index (χ1v) is 7.13. The molecule has 1 saturated heterocycles. The molecule has 1 saturated carbocycles. The number of rotatable bonds is 2. The minimum absolute atomic E-state index is 0.128. The second kappa shape index (κ2) is 5.30. The molecule has 6 heteroatoms. The minimum atomic E-state index is -0.857. The molecule has 1 amide bonds. The van der Waals surface area contributed by atoms with Gasteiger partial charge in [-0.25, -0.2) is 8.78 Å². The number of carbonyl (C=O) groups is 1. The molecule has 1 aromatic rings. The Morgan fingerprint density at radius 3 is 2.90 bits per heavy atom. The Bertz CT molecular complexity index is 529. The van der Waals surface area contributed by atoms with Crippen molar-refractivity contribution in [3.63, 3.8) is 0 Å². The Labute approximate surface area is 120 Å². The number of anilines is 1. The molecule has 0 aromatic heterocycles. The van der Waals surface area contributed by atoms with E-state index in [1.807, 2.05) is 0 Å². The van der Waals surface area contributed by atoms with Crippen LogP contribution in [0.15, 0.2) is 12.1 Å². The van der Waals surface area contributed by atoms with E-state index in [0.29, 0.717) is 17.9 Å². The number of nitrogens with one attached hydrogen (secondary N) is 2. The highest BCUT2D eigenvalue weighted by molar-refractivity contribution is 6.33. The van der Waals surface area contributed by atoms with E-state index in [-0.39, 0.29) is 22.7 Å². The number of amides is 1. The third kappa shape index (κ3) is 2.40. The standard InChI is InChI=1S/C14H15ClF2N2O/c15-10-4-8(16)5-11(17)13(10)19-14(20)12-9-3-1-2-7(9)6-18-12/h4-5,7,9,12,18H,1-3,6H2,(H,19,20). The molecule has 1 aliphatic heterocycles. The van der Waals surface area contributed by atoms with Crippen LogP contribution in [0.4, 0.5) is 14.5 Å². The van der Waals surface area contributed by atoms with Crippen LogP contribution in [0.5, 0.6) is 0 Å². The van der Waals surface area contributed by atoms with Crippen molar-refractivity contribution < 1.29 is 13.6 Å². The van der Waals surface area contributed by atoms with E-state index < -0.39 is 11.6 Å². The van der Waals surface area contributed by atoms with Gasteiger partial charge in [0.2, 0.25) is 5.91 Å². The maximum absolute atomic E-state index is 13.7. The van der Waals surface area contributed by atoms with Gasteiger partial charge in [0.1, 0.15) is 5.82 Å². The van der Waals surface area contributed by atoms with Crippen LogP contribution in [-0.4, -0.2) is 18.5 Å². The van der Waals surface area contributed by atoms with Gasteiger partial charge < -0.3 is 10.6 Å². The monoisotopic (exact) mass is 300 g/mol. The van der Waals surface area contributed by atoms with Gasteiger partial charge in [-0.05, 0) is 37.3 Å². The predicted octanol–water partition coefficient (Wildman–Crippen LogP) is 2.94. The van der Waals surface area contributed by atoms with E-state index in [1.165, 1.54) is 0 Å². The van der Waals surface area contributed by atoms with Gasteiger partial charge in [0.15, 0.2) is 5.82 Å². The lowest BCUT2D eigenvalue weighted by molar-refractivity contribution is -0.118. The largest absolute Gasteiger partial charge is 0.321 e. The van der Waals surface area contributed by atoms with Gasteiger partial charge in [-0.15, -0.1) is 0 Å². The molecule has 3 atom stereocenters. The van der Waals surface area contributed by atoms with Crippen LogP contribution in [0.2, 0.25) is 5.02 Å². The molecule has 3 nitrogen and oxygen atoms in total. The number of hydrogen-bond donors (Lipinski definition) is 2. The first kappa shape index (κ1) is 13.8. The van der Waals surface area contributed by atoms with Crippen molar-refractivity contribution in [3.8, 4) is 0 Å². The van der Waals surface area contributed by atoms with E-state index in [4.69, 9.17) is 11.6 Å². The summed E-state index contributed by atoms with van der Waals surface area (Å²) in [5.41, 5.74) is -0.152. The van der Waals surface area contributed by atoms with E-state index in [9.17, 15) is 13.6 Å². The molecule has 3 rings (SSSR count). The van der Waals surface area contributed by atoms with Crippen LogP contribution in [0.1, 0.15) is 19.3 Å². The van der Waals surface area contributed by atoms with Crippen molar-refractivity contribution in [2.45, 2.75) is 25.3 Å². The summed E-state index contributed by atoms with van der Waals surface area (Å²) >= 11 is 5.78. The Morgan fingerprint density at radius 2 is 2.15 bits per heavy atom. The quantitative estimate of drug-likeness (QED) is 0.882. The Morgan fingerprint density at radius 1 is 1.35 bits per heavy atom. The number of halogens is 3. The fourth-order valence-corrected chi connectivity index (χ4v) is 3.58. The van der Waals surface area contributed by atoms with Gasteiger partial charge in [0.25, 0.3) is 0 Å². The van der Waals surface area contributed by atoms with Gasteiger partial charge in [-0.1, -0.05) is 18.0 Å². The summed E-state index contributed by atoms with van der Waals surface area (Å²) < 4.78 is 26.6. The summed E-state index contributed by atoms with van der Waals surface area (Å²) in [6.07, 6.45) is 3.27. The zero-order valence-corrected chi connectivity index (χ0v) is 11.5. The van der Waals surface area contributed by atoms with E-state index in [1.54, 1.807) is 0 Å². The Balaban J connectivity index is 1.76. The van der Waals surface area contributed by atoms with Crippen LogP contribution >= 0.6 is 11.6 Å². The summed E-state index contributed by atoms with van der Waals surface area (Å²) in [4.78, 5) is 12.3. The fourth-order valence-electron chi connectivity index (χ4n) is 3.34. The third-order valence-electron chi connectivity index (χ3n) is 4.28. The first-order chi connectivity index (χ1) is 9.56. The Hall–Kier alpha value is -1.20. The second-order valence-electron chi connectivity index (χ2n) is 5.47. The fraction of sp³-hybridized carbons (Fsp3) is 0.500. The maximum Gasteiger partial charge on any atom is 0.241 e. The lowest BCUT2D eigenvalue weighted by Crippen LogP contribution is -2.40. The van der Waals surface area contributed by atoms with Crippen molar-refractivity contribution in [2.75, 3.05) is 11.9 Å². The summed E-state index contributed by atoms with van der Waals surface area (Å²) in [6, 6.07) is 1.38. The second-order valence-corrected chi connectivity index (χ2v) is 5.88. The molecule has 0 radical (unpaired) electrons. The summed E-state index contributed by atoms with van der Waals surface area (Å²) in [7, 11) is 0. The zero-order valence-electron chi connectivity index (χ0n) is 10.8. The predicted molar refractivity (Wildman–Crippen MR) is 72.6 cm³/mol. The van der Waals surface area contributed by atoms with Crippen LogP contribution < -0.4 is 10.6 Å². The van der Waals surface area contributed by atoms with Crippen molar-refractivity contribution in [1.29, 1.82) is 0 Å². The van der Waals surface area contributed by atoms with E-state index in [2.05, 4.69) is 10.6 Å². The summed E-state index contributed by atoms with van der Waals surface area (Å²) in [6.45, 7) is 0.822. The molecular formula is C14H15ClF2N2O. The van der Waals surface area contributed by atoms with Gasteiger partial charge in [0.05, 0.1) is 16.8 Å². The normalized spacial score (nSPS) is 28.4. The average Bonchev–Trinajstić information content (AvgIpc) is 2.95. The van der Waals surface area contributed by atoms with E-state index >= 15 is 0 Å². The molecular weight excluding hydrogens is 286 g/mol. The van der Waals surface area contributed by atoms with E-state index in [0.717, 1.165) is 31.9 Å². The molecule has 2 N–H and O–H groups in total. The molecule has 3 unspecified atom stereocenters. The Kier molecular flexibility index (Phi) is 3.65. The highest BCUT2D eigenvalue weighted by Gasteiger charge is 2.42. The van der Waals surface area contributed by atoms with Crippen LogP contribution in [0.25, 0.3) is 0 Å². The number of hydrogen-bond acceptors (Lipinski definition) is 2. The lowest BCUT2D eigenvalue weighted by Gasteiger charge is -2.18. The number of fused-ring (bicyclic) bond motifs is 1. The zero-order chi connectivity index (χ0) is 14.3. The van der Waals surface area contributed by atoms with Gasteiger partial charge in [-0.3, -0.25) is 4.79 Å². The van der Waals surface area contributed by atoms with Crippen molar-refractivity contribution in [2.24, 2.45) is 11.8 Å². The van der Waals surface area contributed by atoms with Crippen molar-refractivity contribution in [1.82, 2.24) is 5.32 Å². The van der Waals surface area contributed by atoms with Crippen LogP contribution in [0.3, 0.4) is 0 Å². The smallest absolute Gasteiger partial charge is 0.241 e. The van der Waals surface area contributed by atoms with Gasteiger partial charge >= 0.3 is 0 Å². The lowest BCUT2D eigenvalue weighted by atomic mass is 9.93. The first-order valence-electron chi connectivity index (χ1n) is 6.75. The SMILES string of the molecule is O=C(Nc1c(F)cc(F)cc1Cl)C1NCC2CCCC21. The van der Waals surface area contributed by atoms with Crippen molar-refractivity contribution >= 4 is 23.2 Å². The minimum Gasteiger partial charge on any atom is -0.321 e. The molecule has 0 spiro atoms. The van der Waals surface area contributed by atoms with Gasteiger partial charge in [0, 0.05) is 6.07 Å². The summed E-state index contributed by atoms with van der Waals surface area (Å²) in [5, 5.41) is 5.53. The maximum atomic E-state index is 13.7. The molecule has 1 aromatic carbocycles. The van der Waals surface area contributed by atoms with Crippen LogP contribution in [-0.2, 0) is 4.79 Å².